The first kappa shape index (κ1) is 13.7. The van der Waals surface area contributed by atoms with E-state index in [1.807, 2.05) is 0 Å². The number of rotatable bonds is 3. The van der Waals surface area contributed by atoms with Crippen LogP contribution in [-0.4, -0.2) is 5.91 Å². The molecule has 0 saturated heterocycles. The van der Waals surface area contributed by atoms with Crippen molar-refractivity contribution in [2.45, 2.75) is 6.54 Å². The summed E-state index contributed by atoms with van der Waals surface area (Å²) in [5, 5.41) is 3.85. The van der Waals surface area contributed by atoms with Gasteiger partial charge in [0, 0.05) is 22.3 Å². The zero-order valence-electron chi connectivity index (χ0n) is 9.99. The van der Waals surface area contributed by atoms with Gasteiger partial charge in [-0.25, -0.2) is 0 Å². The number of halogens is 2. The third kappa shape index (κ3) is 3.40. The average Bonchev–Trinajstić information content (AvgIpc) is 2.38. The molecule has 0 heterocycles. The van der Waals surface area contributed by atoms with E-state index in [2.05, 4.69) is 5.32 Å². The quantitative estimate of drug-likeness (QED) is 0.851. The zero-order chi connectivity index (χ0) is 13.8. The molecule has 0 bridgehead atoms. The summed E-state index contributed by atoms with van der Waals surface area (Å²) in [7, 11) is 0. The number of nitrogens with two attached hydrogens (primary N) is 1. The number of benzene rings is 2. The summed E-state index contributed by atoms with van der Waals surface area (Å²) in [5.74, 6) is -0.232. The van der Waals surface area contributed by atoms with Crippen molar-refractivity contribution < 1.29 is 4.79 Å². The molecule has 2 rings (SSSR count). The van der Waals surface area contributed by atoms with Crippen LogP contribution in [0.1, 0.15) is 15.9 Å². The van der Waals surface area contributed by atoms with Gasteiger partial charge in [0.05, 0.1) is 5.56 Å². The van der Waals surface area contributed by atoms with Crippen LogP contribution in [0.3, 0.4) is 0 Å². The normalized spacial score (nSPS) is 10.2. The Bertz CT molecular complexity index is 614. The van der Waals surface area contributed by atoms with Gasteiger partial charge in [0.15, 0.2) is 0 Å². The molecule has 0 aliphatic carbocycles. The Hall–Kier alpha value is -1.71. The van der Waals surface area contributed by atoms with Crippen LogP contribution < -0.4 is 11.1 Å². The average molecular weight is 295 g/mol. The maximum absolute atomic E-state index is 12.0. The standard InChI is InChI=1S/C14H12Cl2N2O/c15-10-6-5-9(12(16)7-10)8-18-14(19)11-3-1-2-4-13(11)17/h1-7H,8,17H2,(H,18,19). The fraction of sp³-hybridized carbons (Fsp3) is 0.0714. The van der Waals surface area contributed by atoms with Crippen LogP contribution in [0.2, 0.25) is 10.0 Å². The largest absolute Gasteiger partial charge is 0.398 e. The number of amides is 1. The minimum absolute atomic E-state index is 0.232. The molecule has 5 heteroatoms. The molecule has 0 fully saturated rings. The van der Waals surface area contributed by atoms with Crippen molar-refractivity contribution >= 4 is 34.8 Å². The minimum Gasteiger partial charge on any atom is -0.398 e. The van der Waals surface area contributed by atoms with Gasteiger partial charge in [-0.3, -0.25) is 4.79 Å². The number of carbonyl (C=O) groups is 1. The smallest absolute Gasteiger partial charge is 0.253 e. The maximum Gasteiger partial charge on any atom is 0.253 e. The highest BCUT2D eigenvalue weighted by Crippen LogP contribution is 2.21. The van der Waals surface area contributed by atoms with Crippen molar-refractivity contribution in [3.8, 4) is 0 Å². The van der Waals surface area contributed by atoms with Crippen LogP contribution in [0.25, 0.3) is 0 Å². The van der Waals surface area contributed by atoms with E-state index >= 15 is 0 Å². The van der Waals surface area contributed by atoms with Crippen molar-refractivity contribution in [3.63, 3.8) is 0 Å². The number of hydrogen-bond donors (Lipinski definition) is 2. The highest BCUT2D eigenvalue weighted by molar-refractivity contribution is 6.35. The Morgan fingerprint density at radius 1 is 1.16 bits per heavy atom. The molecule has 98 valence electrons. The lowest BCUT2D eigenvalue weighted by atomic mass is 10.1. The van der Waals surface area contributed by atoms with Crippen LogP contribution in [0.5, 0.6) is 0 Å². The Labute approximate surface area is 121 Å². The monoisotopic (exact) mass is 294 g/mol. The second-order valence-corrected chi connectivity index (χ2v) is 4.85. The number of hydrogen-bond acceptors (Lipinski definition) is 2. The van der Waals surface area contributed by atoms with E-state index in [4.69, 9.17) is 28.9 Å². The lowest BCUT2D eigenvalue weighted by Crippen LogP contribution is -2.23. The highest BCUT2D eigenvalue weighted by atomic mass is 35.5. The molecule has 2 aromatic carbocycles. The first-order chi connectivity index (χ1) is 9.08. The number of para-hydroxylation sites is 1. The van der Waals surface area contributed by atoms with Crippen LogP contribution in [-0.2, 0) is 6.54 Å². The summed E-state index contributed by atoms with van der Waals surface area (Å²) in [5.41, 5.74) is 7.43. The summed E-state index contributed by atoms with van der Waals surface area (Å²) in [4.78, 5) is 12.0. The number of nitrogen functional groups attached to an aromatic ring is 1. The molecular formula is C14H12Cl2N2O. The van der Waals surface area contributed by atoms with Crippen molar-refractivity contribution in [3.05, 3.63) is 63.6 Å². The van der Waals surface area contributed by atoms with Crippen LogP contribution in [0.15, 0.2) is 42.5 Å². The molecule has 0 aromatic heterocycles. The van der Waals surface area contributed by atoms with Gasteiger partial charge < -0.3 is 11.1 Å². The summed E-state index contributed by atoms with van der Waals surface area (Å²) < 4.78 is 0. The van der Waals surface area contributed by atoms with Gasteiger partial charge in [0.2, 0.25) is 0 Å². The van der Waals surface area contributed by atoms with Gasteiger partial charge in [0.25, 0.3) is 5.91 Å². The van der Waals surface area contributed by atoms with Gasteiger partial charge >= 0.3 is 0 Å². The maximum atomic E-state index is 12.0. The second kappa shape index (κ2) is 5.95. The van der Waals surface area contributed by atoms with Crippen LogP contribution in [0, 0.1) is 0 Å². The van der Waals surface area contributed by atoms with E-state index in [1.165, 1.54) is 0 Å². The SMILES string of the molecule is Nc1ccccc1C(=O)NCc1ccc(Cl)cc1Cl. The third-order valence-corrected chi connectivity index (χ3v) is 3.25. The molecule has 2 aromatic rings. The van der Waals surface area contributed by atoms with Gasteiger partial charge in [-0.2, -0.15) is 0 Å². The zero-order valence-corrected chi connectivity index (χ0v) is 11.5. The van der Waals surface area contributed by atoms with Crippen LogP contribution in [0.4, 0.5) is 5.69 Å². The highest BCUT2D eigenvalue weighted by Gasteiger charge is 2.09. The first-order valence-electron chi connectivity index (χ1n) is 5.64. The predicted molar refractivity (Wildman–Crippen MR) is 78.5 cm³/mol. The van der Waals surface area contributed by atoms with Gasteiger partial charge in [-0.05, 0) is 29.8 Å². The third-order valence-electron chi connectivity index (χ3n) is 2.66. The summed E-state index contributed by atoms with van der Waals surface area (Å²) in [6, 6.07) is 12.0. The van der Waals surface area contributed by atoms with Crippen molar-refractivity contribution in [1.82, 2.24) is 5.32 Å². The number of nitrogens with one attached hydrogen (secondary N) is 1. The van der Waals surface area contributed by atoms with Gasteiger partial charge in [-0.1, -0.05) is 41.4 Å². The van der Waals surface area contributed by atoms with Crippen molar-refractivity contribution in [2.75, 3.05) is 5.73 Å². The molecule has 1 amide bonds. The van der Waals surface area contributed by atoms with Crippen LogP contribution >= 0.6 is 23.2 Å². The second-order valence-electron chi connectivity index (χ2n) is 4.01. The summed E-state index contributed by atoms with van der Waals surface area (Å²) in [6.45, 7) is 0.323. The molecule has 0 unspecified atom stereocenters. The molecule has 0 radical (unpaired) electrons. The molecule has 0 aliphatic heterocycles. The Balaban J connectivity index is 2.07. The molecule has 0 spiro atoms. The van der Waals surface area contributed by atoms with E-state index in [-0.39, 0.29) is 5.91 Å². The molecule has 0 atom stereocenters. The van der Waals surface area contributed by atoms with Gasteiger partial charge in [0.1, 0.15) is 0 Å². The topological polar surface area (TPSA) is 55.1 Å². The fourth-order valence-corrected chi connectivity index (χ4v) is 2.11. The Kier molecular flexibility index (Phi) is 4.30. The lowest BCUT2D eigenvalue weighted by Gasteiger charge is -2.08. The molecule has 0 saturated carbocycles. The van der Waals surface area contributed by atoms with E-state index < -0.39 is 0 Å². The lowest BCUT2D eigenvalue weighted by molar-refractivity contribution is 0.0952. The predicted octanol–water partition coefficient (Wildman–Crippen LogP) is 3.51. The Morgan fingerprint density at radius 3 is 2.58 bits per heavy atom. The fourth-order valence-electron chi connectivity index (χ4n) is 1.64. The van der Waals surface area contributed by atoms with E-state index in [0.717, 1.165) is 5.56 Å². The summed E-state index contributed by atoms with van der Waals surface area (Å²) >= 11 is 11.8. The molecule has 3 nitrogen and oxygen atoms in total. The Morgan fingerprint density at radius 2 is 1.89 bits per heavy atom. The number of anilines is 1. The molecule has 3 N–H and O–H groups in total. The molecular weight excluding hydrogens is 283 g/mol. The van der Waals surface area contributed by atoms with E-state index in [1.54, 1.807) is 42.5 Å². The van der Waals surface area contributed by atoms with Crippen molar-refractivity contribution in [1.29, 1.82) is 0 Å². The number of carbonyl (C=O) groups excluding carboxylic acids is 1. The molecule has 0 aliphatic rings. The first-order valence-corrected chi connectivity index (χ1v) is 6.40. The van der Waals surface area contributed by atoms with Gasteiger partial charge in [-0.15, -0.1) is 0 Å². The molecule has 19 heavy (non-hydrogen) atoms. The van der Waals surface area contributed by atoms with E-state index in [0.29, 0.717) is 27.8 Å². The minimum atomic E-state index is -0.232. The van der Waals surface area contributed by atoms with Crippen molar-refractivity contribution in [2.24, 2.45) is 0 Å². The summed E-state index contributed by atoms with van der Waals surface area (Å²) in [6.07, 6.45) is 0. The van der Waals surface area contributed by atoms with E-state index in [9.17, 15) is 4.79 Å².